The van der Waals surface area contributed by atoms with Gasteiger partial charge in [-0.3, -0.25) is 0 Å². The van der Waals surface area contributed by atoms with Gasteiger partial charge < -0.3 is 19.7 Å². The van der Waals surface area contributed by atoms with Crippen molar-refractivity contribution in [2.45, 2.75) is 124 Å². The molecule has 2 aromatic rings. The number of carbonyl (C=O) groups excluding carboxylic acids is 2. The molecule has 284 valence electrons. The summed E-state index contributed by atoms with van der Waals surface area (Å²) in [6.45, 7) is 16.5. The molecule has 4 fully saturated rings. The Hall–Kier alpha value is -3.94. The van der Waals surface area contributed by atoms with Gasteiger partial charge in [0.1, 0.15) is 11.7 Å². The highest BCUT2D eigenvalue weighted by Gasteiger charge is 2.68. The van der Waals surface area contributed by atoms with Crippen LogP contribution >= 0.6 is 0 Å². The van der Waals surface area contributed by atoms with Crippen molar-refractivity contribution in [2.75, 3.05) is 0 Å². The molecule has 0 saturated heterocycles. The molecule has 0 heterocycles. The molecule has 0 spiro atoms. The van der Waals surface area contributed by atoms with E-state index in [1.165, 1.54) is 23.8 Å². The number of allylic oxidation sites excluding steroid dienone is 2. The quantitative estimate of drug-likeness (QED) is 0.223. The summed E-state index contributed by atoms with van der Waals surface area (Å²) in [5.41, 5.74) is 0.787. The lowest BCUT2D eigenvalue weighted by Gasteiger charge is -2.71. The molecule has 5 aliphatic carbocycles. The van der Waals surface area contributed by atoms with Crippen LogP contribution in [-0.2, 0) is 9.47 Å². The first-order valence-electron chi connectivity index (χ1n) is 19.6. The van der Waals surface area contributed by atoms with Crippen molar-refractivity contribution in [2.24, 2.45) is 44.8 Å². The summed E-state index contributed by atoms with van der Waals surface area (Å²) in [6, 6.07) is 12.6. The predicted molar refractivity (Wildman–Crippen MR) is 201 cm³/mol. The number of carbonyl (C=O) groups is 4. The smallest absolute Gasteiger partial charge is 0.339 e. The van der Waals surface area contributed by atoms with Gasteiger partial charge >= 0.3 is 23.9 Å². The van der Waals surface area contributed by atoms with Crippen LogP contribution in [0.15, 0.2) is 60.2 Å². The second-order valence-corrected chi connectivity index (χ2v) is 19.0. The third-order valence-electron chi connectivity index (χ3n) is 16.1. The zero-order chi connectivity index (χ0) is 38.4. The standard InChI is InChI=1S/C45H56O8/c1-40(2)33-18-21-45(7)34(43(33,5)20-19-35(40)52-38(50)29-14-10-8-12-27(29)36(46)47)17-16-31-32-26-42(4,24-22-41(32,3)23-25-44(31,45)6)53-39(51)30-15-11-9-13-28(30)37(48)49/h8-16,32-35H,17-26H2,1-7H3,(H,46,47)(H,48,49)/t32-,33-,34+,35-,41+,42-,43-,44+,45+/m0/s1. The Balaban J connectivity index is 1.15. The van der Waals surface area contributed by atoms with Crippen LogP contribution in [0.2, 0.25) is 0 Å². The Labute approximate surface area is 313 Å². The topological polar surface area (TPSA) is 127 Å². The highest BCUT2D eigenvalue weighted by atomic mass is 16.6. The first-order valence-corrected chi connectivity index (χ1v) is 19.6. The van der Waals surface area contributed by atoms with Crippen LogP contribution in [0.1, 0.15) is 154 Å². The van der Waals surface area contributed by atoms with Gasteiger partial charge in [0, 0.05) is 5.41 Å². The van der Waals surface area contributed by atoms with E-state index in [1.54, 1.807) is 30.3 Å². The fourth-order valence-corrected chi connectivity index (χ4v) is 12.8. The molecular formula is C45H56O8. The SMILES string of the molecule is CC1(C)[C@@H](OC(=O)c2ccccc2C(=O)O)CC[C@]2(C)[C@H]3CC=C4[C@@H]5C[C@@](C)(OC(=O)c6ccccc6C(=O)O)CC[C@]5(C)CC[C@@]4(C)[C@]3(C)CC[C@@H]12. The molecule has 4 saturated carbocycles. The molecule has 8 heteroatoms. The van der Waals surface area contributed by atoms with Crippen molar-refractivity contribution < 1.29 is 38.9 Å². The summed E-state index contributed by atoms with van der Waals surface area (Å²) in [5.74, 6) is -2.39. The van der Waals surface area contributed by atoms with Gasteiger partial charge in [0.2, 0.25) is 0 Å². The van der Waals surface area contributed by atoms with Crippen LogP contribution < -0.4 is 0 Å². The second kappa shape index (κ2) is 12.6. The van der Waals surface area contributed by atoms with Crippen LogP contribution in [0.25, 0.3) is 0 Å². The molecule has 0 radical (unpaired) electrons. The molecule has 0 aromatic heterocycles. The molecule has 7 rings (SSSR count). The molecular weight excluding hydrogens is 668 g/mol. The van der Waals surface area contributed by atoms with Crippen molar-refractivity contribution in [1.82, 2.24) is 0 Å². The predicted octanol–water partition coefficient (Wildman–Crippen LogP) is 10.0. The Bertz CT molecular complexity index is 1890. The van der Waals surface area contributed by atoms with E-state index in [0.29, 0.717) is 11.8 Å². The molecule has 53 heavy (non-hydrogen) atoms. The van der Waals surface area contributed by atoms with E-state index in [0.717, 1.165) is 64.2 Å². The zero-order valence-electron chi connectivity index (χ0n) is 32.4. The molecule has 8 nitrogen and oxygen atoms in total. The average molecular weight is 725 g/mol. The minimum Gasteiger partial charge on any atom is -0.478 e. The fourth-order valence-electron chi connectivity index (χ4n) is 12.8. The average Bonchev–Trinajstić information content (AvgIpc) is 3.10. The maximum Gasteiger partial charge on any atom is 0.339 e. The summed E-state index contributed by atoms with van der Waals surface area (Å²) >= 11 is 0. The maximum absolute atomic E-state index is 13.5. The number of carboxylic acid groups (broad SMARTS) is 2. The van der Waals surface area contributed by atoms with Gasteiger partial charge in [-0.1, -0.05) is 77.5 Å². The summed E-state index contributed by atoms with van der Waals surface area (Å²) in [4.78, 5) is 50.8. The number of carboxylic acids is 2. The molecule has 0 unspecified atom stereocenters. The number of aromatic carboxylic acids is 2. The molecule has 0 bridgehead atoms. The van der Waals surface area contributed by atoms with Gasteiger partial charge in [-0.25, -0.2) is 19.2 Å². The lowest BCUT2D eigenvalue weighted by molar-refractivity contribution is -0.204. The first kappa shape index (κ1) is 37.4. The van der Waals surface area contributed by atoms with Crippen LogP contribution in [0, 0.1) is 44.8 Å². The van der Waals surface area contributed by atoms with E-state index >= 15 is 0 Å². The monoisotopic (exact) mass is 724 g/mol. The largest absolute Gasteiger partial charge is 0.478 e. The van der Waals surface area contributed by atoms with E-state index in [-0.39, 0.29) is 61.4 Å². The lowest BCUT2D eigenvalue weighted by Crippen LogP contribution is -2.65. The lowest BCUT2D eigenvalue weighted by atomic mass is 9.34. The second-order valence-electron chi connectivity index (χ2n) is 19.0. The minimum atomic E-state index is -1.14. The molecule has 5 aliphatic rings. The number of hydrogen-bond acceptors (Lipinski definition) is 6. The van der Waals surface area contributed by atoms with Gasteiger partial charge in [-0.2, -0.15) is 0 Å². The van der Waals surface area contributed by atoms with Gasteiger partial charge in [0.05, 0.1) is 22.3 Å². The third kappa shape index (κ3) is 5.67. The van der Waals surface area contributed by atoms with E-state index in [2.05, 4.69) is 47.6 Å². The van der Waals surface area contributed by atoms with Gasteiger partial charge in [0.25, 0.3) is 0 Å². The summed E-state index contributed by atoms with van der Waals surface area (Å²) in [6.07, 6.45) is 11.6. The number of hydrogen-bond donors (Lipinski definition) is 2. The zero-order valence-corrected chi connectivity index (χ0v) is 32.4. The Morgan fingerprint density at radius 2 is 1.23 bits per heavy atom. The molecule has 0 aliphatic heterocycles. The van der Waals surface area contributed by atoms with E-state index in [4.69, 9.17) is 9.47 Å². The maximum atomic E-state index is 13.5. The van der Waals surface area contributed by atoms with Crippen LogP contribution in [-0.4, -0.2) is 45.8 Å². The van der Waals surface area contributed by atoms with Gasteiger partial charge in [-0.05, 0) is 135 Å². The van der Waals surface area contributed by atoms with Crippen molar-refractivity contribution >= 4 is 23.9 Å². The van der Waals surface area contributed by atoms with E-state index < -0.39 is 29.5 Å². The highest BCUT2D eigenvalue weighted by Crippen LogP contribution is 2.75. The van der Waals surface area contributed by atoms with E-state index in [1.807, 2.05) is 6.92 Å². The van der Waals surface area contributed by atoms with Crippen molar-refractivity contribution in [3.63, 3.8) is 0 Å². The molecule has 2 N–H and O–H groups in total. The van der Waals surface area contributed by atoms with Gasteiger partial charge in [-0.15, -0.1) is 0 Å². The number of esters is 2. The van der Waals surface area contributed by atoms with Crippen LogP contribution in [0.5, 0.6) is 0 Å². The van der Waals surface area contributed by atoms with Crippen LogP contribution in [0.4, 0.5) is 0 Å². The first-order chi connectivity index (χ1) is 24.8. The van der Waals surface area contributed by atoms with Gasteiger partial charge in [0.15, 0.2) is 0 Å². The normalized spacial score (nSPS) is 38.4. The molecule has 9 atom stereocenters. The summed E-state index contributed by atoms with van der Waals surface area (Å²) in [5, 5.41) is 19.4. The third-order valence-corrected chi connectivity index (χ3v) is 16.1. The minimum absolute atomic E-state index is 0.0261. The Kier molecular flexibility index (Phi) is 8.86. The number of fused-ring (bicyclic) bond motifs is 7. The van der Waals surface area contributed by atoms with Crippen molar-refractivity contribution in [3.05, 3.63) is 82.4 Å². The highest BCUT2D eigenvalue weighted by molar-refractivity contribution is 6.03. The summed E-state index contributed by atoms with van der Waals surface area (Å²) in [7, 11) is 0. The molecule has 0 amide bonds. The Morgan fingerprint density at radius 1 is 0.660 bits per heavy atom. The number of ether oxygens (including phenoxy) is 2. The number of rotatable bonds is 6. The molecule has 2 aromatic carbocycles. The van der Waals surface area contributed by atoms with Crippen molar-refractivity contribution in [3.8, 4) is 0 Å². The Morgan fingerprint density at radius 3 is 1.83 bits per heavy atom. The summed E-state index contributed by atoms with van der Waals surface area (Å²) < 4.78 is 12.5. The van der Waals surface area contributed by atoms with Crippen LogP contribution in [0.3, 0.4) is 0 Å². The van der Waals surface area contributed by atoms with E-state index in [9.17, 15) is 29.4 Å². The number of benzene rings is 2. The van der Waals surface area contributed by atoms with Crippen molar-refractivity contribution in [1.29, 1.82) is 0 Å². The fraction of sp³-hybridized carbons (Fsp3) is 0.600.